The lowest BCUT2D eigenvalue weighted by molar-refractivity contribution is 0.487. The third-order valence-electron chi connectivity index (χ3n) is 12.7. The van der Waals surface area contributed by atoms with Crippen LogP contribution in [0.25, 0.3) is 98.7 Å². The van der Waals surface area contributed by atoms with Crippen LogP contribution in [0.2, 0.25) is 0 Å². The number of hydrogen-bond donors (Lipinski definition) is 0. The molecule has 12 rings (SSSR count). The van der Waals surface area contributed by atoms with E-state index in [9.17, 15) is 0 Å². The van der Waals surface area contributed by atoms with E-state index in [1.54, 1.807) is 0 Å². The molecule has 1 aliphatic carbocycles. The highest BCUT2D eigenvalue weighted by Crippen LogP contribution is 2.54. The Hall–Kier alpha value is -6.96. The molecule has 0 aromatic heterocycles. The third-order valence-corrected chi connectivity index (χ3v) is 12.7. The second-order valence-electron chi connectivity index (χ2n) is 16.0. The van der Waals surface area contributed by atoms with Gasteiger partial charge in [0.25, 0.3) is 0 Å². The van der Waals surface area contributed by atoms with Crippen molar-refractivity contribution in [1.29, 1.82) is 0 Å². The molecule has 10 aromatic rings. The monoisotopic (exact) mass is 712 g/mol. The molecule has 262 valence electrons. The van der Waals surface area contributed by atoms with Gasteiger partial charge in [0.2, 0.25) is 0 Å². The van der Waals surface area contributed by atoms with Crippen molar-refractivity contribution in [3.05, 3.63) is 193 Å². The standard InChI is InChI=1S/C55H36O/c1-55(2)47-31-35(37-29-30-50-53-42(37)20-12-21-43(53)41-17-10-11-22-49(41)56-50)24-26-39(47)40-27-25-36(32-48(40)55)51-44-18-8-9-19-45(44)52(34-14-4-3-5-15-34)54-38-16-7-6-13-33(38)23-28-46(51)54/h3-32H,1-2H3. The fourth-order valence-electron chi connectivity index (χ4n) is 10.1. The van der Waals surface area contributed by atoms with E-state index in [0.29, 0.717) is 0 Å². The van der Waals surface area contributed by atoms with Crippen LogP contribution in [0.3, 0.4) is 0 Å². The van der Waals surface area contributed by atoms with Gasteiger partial charge in [0.1, 0.15) is 11.5 Å². The highest BCUT2D eigenvalue weighted by molar-refractivity contribution is 6.28. The number of benzene rings is 10. The molecule has 1 heterocycles. The molecule has 0 saturated heterocycles. The van der Waals surface area contributed by atoms with Gasteiger partial charge in [-0.25, -0.2) is 0 Å². The van der Waals surface area contributed by atoms with Crippen molar-refractivity contribution in [2.75, 3.05) is 0 Å². The van der Waals surface area contributed by atoms with Crippen LogP contribution < -0.4 is 4.74 Å². The molecular formula is C55H36O. The average molecular weight is 713 g/mol. The van der Waals surface area contributed by atoms with Crippen LogP contribution in [0.5, 0.6) is 11.5 Å². The van der Waals surface area contributed by atoms with Gasteiger partial charge >= 0.3 is 0 Å². The van der Waals surface area contributed by atoms with Crippen molar-refractivity contribution < 1.29 is 4.74 Å². The molecule has 0 saturated carbocycles. The zero-order valence-electron chi connectivity index (χ0n) is 31.2. The van der Waals surface area contributed by atoms with E-state index in [1.807, 2.05) is 6.07 Å². The minimum Gasteiger partial charge on any atom is -0.456 e. The minimum atomic E-state index is -0.201. The van der Waals surface area contributed by atoms with Crippen molar-refractivity contribution in [1.82, 2.24) is 0 Å². The molecular weight excluding hydrogens is 677 g/mol. The fourth-order valence-corrected chi connectivity index (χ4v) is 10.1. The smallest absolute Gasteiger partial charge is 0.135 e. The van der Waals surface area contributed by atoms with Crippen LogP contribution in [0.1, 0.15) is 25.0 Å². The predicted octanol–water partition coefficient (Wildman–Crippen LogP) is 15.4. The van der Waals surface area contributed by atoms with Crippen molar-refractivity contribution in [2.24, 2.45) is 0 Å². The number of fused-ring (bicyclic) bond motifs is 9. The Morgan fingerprint density at radius 2 is 0.964 bits per heavy atom. The van der Waals surface area contributed by atoms with Crippen LogP contribution in [-0.4, -0.2) is 0 Å². The van der Waals surface area contributed by atoms with E-state index in [-0.39, 0.29) is 5.41 Å². The molecule has 0 amide bonds. The molecule has 0 spiro atoms. The Labute approximate surface area is 326 Å². The van der Waals surface area contributed by atoms with Gasteiger partial charge in [0.15, 0.2) is 0 Å². The first-order valence-electron chi connectivity index (χ1n) is 19.6. The summed E-state index contributed by atoms with van der Waals surface area (Å²) in [7, 11) is 0. The normalized spacial score (nSPS) is 13.5. The molecule has 56 heavy (non-hydrogen) atoms. The summed E-state index contributed by atoms with van der Waals surface area (Å²) in [5.74, 6) is 1.84. The van der Waals surface area contributed by atoms with Gasteiger partial charge < -0.3 is 4.74 Å². The summed E-state index contributed by atoms with van der Waals surface area (Å²) in [5.41, 5.74) is 15.1. The summed E-state index contributed by atoms with van der Waals surface area (Å²) >= 11 is 0. The van der Waals surface area contributed by atoms with Crippen molar-refractivity contribution >= 4 is 43.1 Å². The molecule has 2 aliphatic rings. The summed E-state index contributed by atoms with van der Waals surface area (Å²) in [4.78, 5) is 0. The van der Waals surface area contributed by atoms with Crippen LogP contribution in [-0.2, 0) is 5.41 Å². The second kappa shape index (κ2) is 11.5. The quantitative estimate of drug-likeness (QED) is 0.131. The Morgan fingerprint density at radius 1 is 0.339 bits per heavy atom. The summed E-state index contributed by atoms with van der Waals surface area (Å²) in [5, 5.41) is 10.1. The number of para-hydroxylation sites is 1. The zero-order valence-corrected chi connectivity index (χ0v) is 31.2. The van der Waals surface area contributed by atoms with E-state index in [0.717, 1.165) is 17.1 Å². The maximum atomic E-state index is 6.44. The fraction of sp³-hybridized carbons (Fsp3) is 0.0545. The summed E-state index contributed by atoms with van der Waals surface area (Å²) < 4.78 is 6.44. The molecule has 1 heteroatoms. The Balaban J connectivity index is 1.04. The summed E-state index contributed by atoms with van der Waals surface area (Å²) in [6, 6.07) is 67.2. The lowest BCUT2D eigenvalue weighted by atomic mass is 9.79. The second-order valence-corrected chi connectivity index (χ2v) is 16.0. The average Bonchev–Trinajstić information content (AvgIpc) is 3.47. The molecule has 10 aromatic carbocycles. The van der Waals surface area contributed by atoms with E-state index < -0.39 is 0 Å². The van der Waals surface area contributed by atoms with Gasteiger partial charge in [-0.2, -0.15) is 0 Å². The third kappa shape index (κ3) is 4.31. The van der Waals surface area contributed by atoms with Crippen molar-refractivity contribution in [3.8, 4) is 67.1 Å². The van der Waals surface area contributed by atoms with E-state index in [1.165, 1.54) is 104 Å². The summed E-state index contributed by atoms with van der Waals surface area (Å²) in [6.45, 7) is 4.80. The first kappa shape index (κ1) is 31.4. The van der Waals surface area contributed by atoms with Crippen molar-refractivity contribution in [2.45, 2.75) is 19.3 Å². The molecule has 1 aliphatic heterocycles. The van der Waals surface area contributed by atoms with Gasteiger partial charge in [-0.15, -0.1) is 0 Å². The highest BCUT2D eigenvalue weighted by atomic mass is 16.5. The van der Waals surface area contributed by atoms with E-state index in [4.69, 9.17) is 4.74 Å². The predicted molar refractivity (Wildman–Crippen MR) is 236 cm³/mol. The van der Waals surface area contributed by atoms with Gasteiger partial charge in [0, 0.05) is 16.4 Å². The molecule has 0 atom stereocenters. The Morgan fingerprint density at radius 3 is 1.79 bits per heavy atom. The lowest BCUT2D eigenvalue weighted by Crippen LogP contribution is -2.15. The van der Waals surface area contributed by atoms with Gasteiger partial charge in [-0.05, 0) is 123 Å². The topological polar surface area (TPSA) is 9.23 Å². The Kier molecular flexibility index (Phi) is 6.46. The first-order valence-corrected chi connectivity index (χ1v) is 19.6. The molecule has 0 unspecified atom stereocenters. The molecule has 0 bridgehead atoms. The maximum absolute atomic E-state index is 6.44. The van der Waals surface area contributed by atoms with Gasteiger partial charge in [0.05, 0.1) is 0 Å². The number of ether oxygens (including phenoxy) is 1. The number of rotatable bonds is 3. The van der Waals surface area contributed by atoms with E-state index in [2.05, 4.69) is 190 Å². The van der Waals surface area contributed by atoms with Crippen LogP contribution in [0.4, 0.5) is 0 Å². The molecule has 1 nitrogen and oxygen atoms in total. The van der Waals surface area contributed by atoms with Gasteiger partial charge in [-0.3, -0.25) is 0 Å². The van der Waals surface area contributed by atoms with Crippen LogP contribution in [0, 0.1) is 0 Å². The maximum Gasteiger partial charge on any atom is 0.135 e. The minimum absolute atomic E-state index is 0.201. The largest absolute Gasteiger partial charge is 0.456 e. The first-order chi connectivity index (χ1) is 27.5. The zero-order chi connectivity index (χ0) is 37.1. The lowest BCUT2D eigenvalue weighted by Gasteiger charge is -2.24. The molecule has 0 radical (unpaired) electrons. The Bertz CT molecular complexity index is 3290. The van der Waals surface area contributed by atoms with Crippen molar-refractivity contribution in [3.63, 3.8) is 0 Å². The highest BCUT2D eigenvalue weighted by Gasteiger charge is 2.36. The van der Waals surface area contributed by atoms with Gasteiger partial charge in [-0.1, -0.05) is 172 Å². The van der Waals surface area contributed by atoms with E-state index >= 15 is 0 Å². The summed E-state index contributed by atoms with van der Waals surface area (Å²) in [6.07, 6.45) is 0. The molecule has 0 fully saturated rings. The SMILES string of the molecule is CC1(C)c2cc(-c3ccc4c5c(cccc35)-c3ccccc3O4)ccc2-c2ccc(-c3c4ccccc4c(-c4ccccc4)c4c3ccc3ccccc34)cc21. The van der Waals surface area contributed by atoms with Crippen LogP contribution in [0.15, 0.2) is 182 Å². The molecule has 0 N–H and O–H groups in total. The number of hydrogen-bond acceptors (Lipinski definition) is 1. The van der Waals surface area contributed by atoms with Crippen LogP contribution >= 0.6 is 0 Å².